The second kappa shape index (κ2) is 63.0. The molecule has 3 saturated heterocycles. The number of carbonyl (C=O) groups is 1. The van der Waals surface area contributed by atoms with Crippen molar-refractivity contribution in [1.82, 2.24) is 5.32 Å². The highest BCUT2D eigenvalue weighted by atomic mass is 16.8. The molecule has 0 saturated carbocycles. The van der Waals surface area contributed by atoms with Crippen LogP contribution in [0.4, 0.5) is 0 Å². The Kier molecular flexibility index (Phi) is 57.5. The molecule has 3 fully saturated rings. The number of hydrogen-bond donors (Lipinski definition) is 12. The van der Waals surface area contributed by atoms with Crippen molar-refractivity contribution in [2.24, 2.45) is 0 Å². The van der Waals surface area contributed by atoms with E-state index in [1.54, 1.807) is 0 Å². The minimum Gasteiger partial charge on any atom is -0.394 e. The Balaban J connectivity index is 1.31. The molecule has 102 heavy (non-hydrogen) atoms. The summed E-state index contributed by atoms with van der Waals surface area (Å²) in [6.45, 7) is 1.71. The standard InChI is InChI=1S/C83H147NO18/c1-3-5-7-9-11-13-15-17-19-21-23-24-25-26-27-28-29-30-31-32-33-34-35-36-37-38-39-40-41-42-43-45-47-49-51-53-55-57-59-61-71(89)84-66(67(88)60-58-56-54-52-50-48-46-44-22-20-18-16-14-12-10-8-6-4-2)65-97-81-77(95)74(92)79(69(63-86)99-81)102-83-78(96)75(93)80(70(64-87)100-83)101-82-76(94)73(91)72(90)68(62-85)98-82/h5,7,11,13,17,19,23-24,26-27,29-30,32-33,66-70,72-83,85-88,90-96H,3-4,6,8-10,12,14-16,18,20-22,25,28,31,34-65H2,1-2H3,(H,84,89)/b7-5-,13-11-,19-17-,24-23-,27-26-,30-29-,33-32-. The Bertz CT molecular complexity index is 2170. The molecule has 17 atom stereocenters. The first-order valence-electron chi connectivity index (χ1n) is 40.8. The molecular weight excluding hydrogens is 1300 g/mol. The molecule has 0 aliphatic carbocycles. The van der Waals surface area contributed by atoms with Gasteiger partial charge in [0.2, 0.25) is 5.91 Å². The number of hydrogen-bond acceptors (Lipinski definition) is 18. The van der Waals surface area contributed by atoms with Gasteiger partial charge < -0.3 is 89.9 Å². The van der Waals surface area contributed by atoms with Crippen LogP contribution in [0.2, 0.25) is 0 Å². The summed E-state index contributed by atoms with van der Waals surface area (Å²) in [5, 5.41) is 121. The van der Waals surface area contributed by atoms with Crippen molar-refractivity contribution in [1.29, 1.82) is 0 Å². The molecule has 0 bridgehead atoms. The van der Waals surface area contributed by atoms with Gasteiger partial charge in [0, 0.05) is 6.42 Å². The molecule has 0 radical (unpaired) electrons. The van der Waals surface area contributed by atoms with Crippen molar-refractivity contribution >= 4 is 5.91 Å². The smallest absolute Gasteiger partial charge is 0.220 e. The summed E-state index contributed by atoms with van der Waals surface area (Å²) in [5.74, 6) is -0.241. The van der Waals surface area contributed by atoms with Crippen LogP contribution >= 0.6 is 0 Å². The quantitative estimate of drug-likeness (QED) is 0.0199. The van der Waals surface area contributed by atoms with Gasteiger partial charge in [-0.25, -0.2) is 0 Å². The highest BCUT2D eigenvalue weighted by Gasteiger charge is 2.54. The lowest BCUT2D eigenvalue weighted by Crippen LogP contribution is -2.66. The lowest BCUT2D eigenvalue weighted by molar-refractivity contribution is -0.379. The van der Waals surface area contributed by atoms with Crippen molar-refractivity contribution in [3.63, 3.8) is 0 Å². The van der Waals surface area contributed by atoms with Crippen LogP contribution in [0.5, 0.6) is 0 Å². The van der Waals surface area contributed by atoms with E-state index in [1.807, 2.05) is 0 Å². The summed E-state index contributed by atoms with van der Waals surface area (Å²) in [5.41, 5.74) is 0. The molecule has 0 aromatic rings. The zero-order valence-electron chi connectivity index (χ0n) is 63.3. The van der Waals surface area contributed by atoms with Gasteiger partial charge in [-0.1, -0.05) is 311 Å². The van der Waals surface area contributed by atoms with Crippen molar-refractivity contribution in [2.75, 3.05) is 26.4 Å². The maximum atomic E-state index is 13.5. The zero-order valence-corrected chi connectivity index (χ0v) is 63.3. The molecule has 3 aliphatic rings. The predicted octanol–water partition coefficient (Wildman–Crippen LogP) is 13.8. The van der Waals surface area contributed by atoms with Gasteiger partial charge in [0.15, 0.2) is 18.9 Å². The van der Waals surface area contributed by atoms with Gasteiger partial charge in [-0.3, -0.25) is 4.79 Å². The second-order valence-electron chi connectivity index (χ2n) is 28.9. The lowest BCUT2D eigenvalue weighted by Gasteiger charge is -2.48. The fraction of sp³-hybridized carbons (Fsp3) is 0.819. The van der Waals surface area contributed by atoms with E-state index in [0.29, 0.717) is 12.8 Å². The van der Waals surface area contributed by atoms with Crippen molar-refractivity contribution < 1.29 is 89.4 Å². The number of rotatable bonds is 64. The lowest BCUT2D eigenvalue weighted by atomic mass is 9.96. The molecule has 19 nitrogen and oxygen atoms in total. The summed E-state index contributed by atoms with van der Waals surface area (Å²) in [6, 6.07) is -0.890. The van der Waals surface area contributed by atoms with E-state index < -0.39 is 124 Å². The molecule has 3 heterocycles. The maximum absolute atomic E-state index is 13.5. The first-order chi connectivity index (χ1) is 49.8. The topological polar surface area (TPSA) is 307 Å². The Morgan fingerprint density at radius 3 is 1.06 bits per heavy atom. The van der Waals surface area contributed by atoms with Crippen LogP contribution < -0.4 is 5.32 Å². The van der Waals surface area contributed by atoms with E-state index in [2.05, 4.69) is 104 Å². The Morgan fingerprint density at radius 1 is 0.363 bits per heavy atom. The predicted molar refractivity (Wildman–Crippen MR) is 406 cm³/mol. The first kappa shape index (κ1) is 93.2. The number of nitrogens with one attached hydrogen (secondary N) is 1. The SMILES string of the molecule is CC/C=C\C/C=C\C/C=C\C/C=C\C/C=C\C/C=C\C/C=C\CCCCCCCCCCCCCCCCCCCC(=O)NC(COC1OC(CO)C(OC2OC(CO)C(OC3OC(CO)C(O)C(O)C3O)C(O)C2O)C(O)C1O)C(O)CCCCCCCCCCCCCCCCCCCC. The number of amides is 1. The molecule has 0 aromatic carbocycles. The fourth-order valence-electron chi connectivity index (χ4n) is 13.5. The largest absolute Gasteiger partial charge is 0.394 e. The average molecular weight is 1450 g/mol. The maximum Gasteiger partial charge on any atom is 0.220 e. The van der Waals surface area contributed by atoms with Crippen LogP contribution in [-0.4, -0.2) is 193 Å². The van der Waals surface area contributed by atoms with Crippen LogP contribution in [0.15, 0.2) is 85.1 Å². The Hall–Kier alpha value is -3.03. The van der Waals surface area contributed by atoms with E-state index in [4.69, 9.17) is 28.4 Å². The van der Waals surface area contributed by atoms with Crippen LogP contribution in [0, 0.1) is 0 Å². The third-order valence-corrected chi connectivity index (χ3v) is 20.0. The van der Waals surface area contributed by atoms with Gasteiger partial charge in [0.1, 0.15) is 73.2 Å². The first-order valence-corrected chi connectivity index (χ1v) is 40.8. The normalized spacial score (nSPS) is 26.6. The number of aliphatic hydroxyl groups is 11. The number of unbranched alkanes of at least 4 members (excludes halogenated alkanes) is 34. The molecular formula is C83H147NO18. The van der Waals surface area contributed by atoms with Gasteiger partial charge in [-0.05, 0) is 70.6 Å². The Morgan fingerprint density at radius 2 is 0.676 bits per heavy atom. The van der Waals surface area contributed by atoms with E-state index in [9.17, 15) is 61.0 Å². The Labute approximate surface area is 616 Å². The molecule has 3 aliphatic heterocycles. The number of ether oxygens (including phenoxy) is 6. The molecule has 0 spiro atoms. The van der Waals surface area contributed by atoms with Crippen molar-refractivity contribution in [3.8, 4) is 0 Å². The minimum atomic E-state index is -1.97. The fourth-order valence-corrected chi connectivity index (χ4v) is 13.5. The molecule has 3 rings (SSSR count). The summed E-state index contributed by atoms with van der Waals surface area (Å²) in [6.07, 6.45) is 56.7. The monoisotopic (exact) mass is 1450 g/mol. The van der Waals surface area contributed by atoms with Crippen LogP contribution in [0.1, 0.15) is 303 Å². The summed E-state index contributed by atoms with van der Waals surface area (Å²) in [7, 11) is 0. The van der Waals surface area contributed by atoms with Gasteiger partial charge in [0.25, 0.3) is 0 Å². The van der Waals surface area contributed by atoms with Gasteiger partial charge in [-0.15, -0.1) is 0 Å². The summed E-state index contributed by atoms with van der Waals surface area (Å²) < 4.78 is 34.5. The van der Waals surface area contributed by atoms with E-state index in [1.165, 1.54) is 180 Å². The van der Waals surface area contributed by atoms with E-state index in [0.717, 1.165) is 89.9 Å². The number of carbonyl (C=O) groups excluding carboxylic acids is 1. The summed E-state index contributed by atoms with van der Waals surface area (Å²) >= 11 is 0. The molecule has 17 unspecified atom stereocenters. The van der Waals surface area contributed by atoms with Gasteiger partial charge in [0.05, 0.1) is 38.6 Å². The van der Waals surface area contributed by atoms with E-state index >= 15 is 0 Å². The van der Waals surface area contributed by atoms with Crippen LogP contribution in [0.25, 0.3) is 0 Å². The average Bonchev–Trinajstić information content (AvgIpc) is 0.781. The molecule has 19 heteroatoms. The van der Waals surface area contributed by atoms with Crippen LogP contribution in [-0.2, 0) is 33.2 Å². The van der Waals surface area contributed by atoms with Gasteiger partial charge >= 0.3 is 0 Å². The third-order valence-electron chi connectivity index (χ3n) is 20.0. The number of allylic oxidation sites excluding steroid dienone is 14. The number of aliphatic hydroxyl groups excluding tert-OH is 11. The minimum absolute atomic E-state index is 0.241. The van der Waals surface area contributed by atoms with Gasteiger partial charge in [-0.2, -0.15) is 0 Å². The van der Waals surface area contributed by atoms with Crippen molar-refractivity contribution in [3.05, 3.63) is 85.1 Å². The highest BCUT2D eigenvalue weighted by Crippen LogP contribution is 2.33. The molecule has 0 aromatic heterocycles. The summed E-state index contributed by atoms with van der Waals surface area (Å²) in [4.78, 5) is 13.5. The van der Waals surface area contributed by atoms with Crippen molar-refractivity contribution in [2.45, 2.75) is 407 Å². The molecule has 1 amide bonds. The zero-order chi connectivity index (χ0) is 73.9. The van der Waals surface area contributed by atoms with E-state index in [-0.39, 0.29) is 18.9 Å². The molecule has 592 valence electrons. The van der Waals surface area contributed by atoms with Crippen LogP contribution in [0.3, 0.4) is 0 Å². The second-order valence-corrected chi connectivity index (χ2v) is 28.9. The third kappa shape index (κ3) is 42.5. The molecule has 12 N–H and O–H groups in total. The highest BCUT2D eigenvalue weighted by molar-refractivity contribution is 5.76.